The lowest BCUT2D eigenvalue weighted by atomic mass is 10.00. The number of hydrogen-bond donors (Lipinski definition) is 2. The van der Waals surface area contributed by atoms with Crippen molar-refractivity contribution in [3.05, 3.63) is 42.0 Å². The third-order valence-electron chi connectivity index (χ3n) is 2.67. The van der Waals surface area contributed by atoms with E-state index in [0.717, 1.165) is 5.39 Å². The van der Waals surface area contributed by atoms with Gasteiger partial charge in [0.15, 0.2) is 6.10 Å². The highest BCUT2D eigenvalue weighted by Gasteiger charge is 2.19. The number of carboxylic acid groups (broad SMARTS) is 1. The number of carbonyl (C=O) groups is 1. The van der Waals surface area contributed by atoms with Crippen molar-refractivity contribution < 1.29 is 19.7 Å². The minimum atomic E-state index is -1.52. The number of carboxylic acids is 1. The highest BCUT2D eigenvalue weighted by molar-refractivity contribution is 5.94. The molecule has 4 heteroatoms. The van der Waals surface area contributed by atoms with Crippen LogP contribution in [0.1, 0.15) is 11.7 Å². The minimum Gasteiger partial charge on any atom is -0.496 e. The lowest BCUT2D eigenvalue weighted by molar-refractivity contribution is -0.146. The molecule has 4 nitrogen and oxygen atoms in total. The van der Waals surface area contributed by atoms with Crippen LogP contribution in [0.5, 0.6) is 5.75 Å². The number of aliphatic carboxylic acids is 1. The number of aliphatic hydroxyl groups is 1. The number of fused-ring (bicyclic) bond motifs is 1. The van der Waals surface area contributed by atoms with E-state index in [0.29, 0.717) is 16.7 Å². The van der Waals surface area contributed by atoms with Crippen LogP contribution < -0.4 is 4.74 Å². The number of benzene rings is 2. The van der Waals surface area contributed by atoms with Crippen molar-refractivity contribution in [2.24, 2.45) is 0 Å². The summed E-state index contributed by atoms with van der Waals surface area (Å²) in [5.74, 6) is -0.609. The average molecular weight is 232 g/mol. The molecule has 0 radical (unpaired) electrons. The normalized spacial score (nSPS) is 12.4. The molecule has 0 aliphatic heterocycles. The van der Waals surface area contributed by atoms with E-state index < -0.39 is 12.1 Å². The Morgan fingerprint density at radius 1 is 1.18 bits per heavy atom. The van der Waals surface area contributed by atoms with Gasteiger partial charge in [-0.1, -0.05) is 30.3 Å². The van der Waals surface area contributed by atoms with E-state index in [-0.39, 0.29) is 0 Å². The van der Waals surface area contributed by atoms with Crippen molar-refractivity contribution in [1.82, 2.24) is 0 Å². The molecule has 0 amide bonds. The standard InChI is InChI=1S/C13H12O4/c1-17-11-7-6-10(12(14)13(15)16)8-4-2-3-5-9(8)11/h2-7,12,14H,1H3,(H,15,16). The van der Waals surface area contributed by atoms with Gasteiger partial charge < -0.3 is 14.9 Å². The third kappa shape index (κ3) is 1.94. The molecule has 0 aliphatic rings. The third-order valence-corrected chi connectivity index (χ3v) is 2.67. The summed E-state index contributed by atoms with van der Waals surface area (Å²) in [4.78, 5) is 10.8. The van der Waals surface area contributed by atoms with Crippen molar-refractivity contribution >= 4 is 16.7 Å². The van der Waals surface area contributed by atoms with E-state index in [1.54, 1.807) is 31.4 Å². The Bertz CT molecular complexity index is 562. The van der Waals surface area contributed by atoms with E-state index >= 15 is 0 Å². The summed E-state index contributed by atoms with van der Waals surface area (Å²) in [5.41, 5.74) is 0.369. The Hall–Kier alpha value is -2.07. The van der Waals surface area contributed by atoms with Crippen molar-refractivity contribution in [2.45, 2.75) is 6.10 Å². The molecule has 2 rings (SSSR count). The molecular weight excluding hydrogens is 220 g/mol. The molecule has 0 saturated heterocycles. The topological polar surface area (TPSA) is 66.8 Å². The van der Waals surface area contributed by atoms with E-state index in [1.807, 2.05) is 12.1 Å². The summed E-state index contributed by atoms with van der Waals surface area (Å²) in [6, 6.07) is 10.4. The quantitative estimate of drug-likeness (QED) is 0.849. The number of ether oxygens (including phenoxy) is 1. The molecule has 0 heterocycles. The van der Waals surface area contributed by atoms with E-state index in [9.17, 15) is 9.90 Å². The second kappa shape index (κ2) is 4.43. The first-order valence-electron chi connectivity index (χ1n) is 5.11. The van der Waals surface area contributed by atoms with Crippen molar-refractivity contribution in [1.29, 1.82) is 0 Å². The number of aliphatic hydroxyl groups excluding tert-OH is 1. The molecule has 0 saturated carbocycles. The van der Waals surface area contributed by atoms with Crippen LogP contribution in [0.3, 0.4) is 0 Å². The molecule has 17 heavy (non-hydrogen) atoms. The number of rotatable bonds is 3. The van der Waals surface area contributed by atoms with Crippen LogP contribution in [-0.4, -0.2) is 23.3 Å². The maximum Gasteiger partial charge on any atom is 0.337 e. The van der Waals surface area contributed by atoms with E-state index in [4.69, 9.17) is 9.84 Å². The van der Waals surface area contributed by atoms with Crippen molar-refractivity contribution in [3.63, 3.8) is 0 Å². The van der Waals surface area contributed by atoms with Gasteiger partial charge in [-0.3, -0.25) is 0 Å². The fraction of sp³-hybridized carbons (Fsp3) is 0.154. The molecule has 88 valence electrons. The van der Waals surface area contributed by atoms with E-state index in [1.165, 1.54) is 0 Å². The Morgan fingerprint density at radius 2 is 1.82 bits per heavy atom. The summed E-state index contributed by atoms with van der Waals surface area (Å²) >= 11 is 0. The zero-order valence-electron chi connectivity index (χ0n) is 9.25. The van der Waals surface area contributed by atoms with Gasteiger partial charge in [0.2, 0.25) is 0 Å². The predicted octanol–water partition coefficient (Wildman–Crippen LogP) is 1.97. The molecule has 0 fully saturated rings. The highest BCUT2D eigenvalue weighted by atomic mass is 16.5. The SMILES string of the molecule is COc1ccc(C(O)C(=O)O)c2ccccc12. The predicted molar refractivity (Wildman–Crippen MR) is 63.1 cm³/mol. The monoisotopic (exact) mass is 232 g/mol. The Labute approximate surface area is 98.1 Å². The fourth-order valence-corrected chi connectivity index (χ4v) is 1.84. The van der Waals surface area contributed by atoms with Crippen LogP contribution in [0, 0.1) is 0 Å². The van der Waals surface area contributed by atoms with Crippen LogP contribution >= 0.6 is 0 Å². The summed E-state index contributed by atoms with van der Waals surface area (Å²) in [7, 11) is 1.55. The average Bonchev–Trinajstić information content (AvgIpc) is 2.36. The molecule has 2 aromatic carbocycles. The molecular formula is C13H12O4. The van der Waals surface area contributed by atoms with Gasteiger partial charge in [0, 0.05) is 5.39 Å². The molecule has 0 aliphatic carbocycles. The zero-order chi connectivity index (χ0) is 12.4. The molecule has 2 aromatic rings. The summed E-state index contributed by atoms with van der Waals surface area (Å²) in [6.07, 6.45) is -1.52. The van der Waals surface area contributed by atoms with Gasteiger partial charge >= 0.3 is 5.97 Å². The van der Waals surface area contributed by atoms with Crippen LogP contribution in [0.25, 0.3) is 10.8 Å². The van der Waals surface area contributed by atoms with Gasteiger partial charge in [-0.15, -0.1) is 0 Å². The zero-order valence-corrected chi connectivity index (χ0v) is 9.25. The Kier molecular flexibility index (Phi) is 2.97. The maximum atomic E-state index is 10.8. The van der Waals surface area contributed by atoms with Gasteiger partial charge in [0.05, 0.1) is 7.11 Å². The number of hydrogen-bond acceptors (Lipinski definition) is 3. The summed E-state index contributed by atoms with van der Waals surface area (Å²) in [5, 5.41) is 19.9. The highest BCUT2D eigenvalue weighted by Crippen LogP contribution is 2.31. The van der Waals surface area contributed by atoms with E-state index in [2.05, 4.69) is 0 Å². The number of methoxy groups -OCH3 is 1. The molecule has 2 N–H and O–H groups in total. The Morgan fingerprint density at radius 3 is 2.41 bits per heavy atom. The second-order valence-electron chi connectivity index (χ2n) is 3.64. The van der Waals surface area contributed by atoms with Crippen LogP contribution in [0.2, 0.25) is 0 Å². The smallest absolute Gasteiger partial charge is 0.337 e. The lowest BCUT2D eigenvalue weighted by Crippen LogP contribution is -2.10. The first-order chi connectivity index (χ1) is 8.15. The molecule has 1 unspecified atom stereocenters. The fourth-order valence-electron chi connectivity index (χ4n) is 1.84. The van der Waals surface area contributed by atoms with Gasteiger partial charge in [-0.25, -0.2) is 4.79 Å². The minimum absolute atomic E-state index is 0.369. The van der Waals surface area contributed by atoms with Gasteiger partial charge in [-0.05, 0) is 17.0 Å². The maximum absolute atomic E-state index is 10.8. The molecule has 0 spiro atoms. The van der Waals surface area contributed by atoms with Crippen LogP contribution in [0.4, 0.5) is 0 Å². The van der Waals surface area contributed by atoms with Crippen molar-refractivity contribution in [3.8, 4) is 5.75 Å². The first-order valence-corrected chi connectivity index (χ1v) is 5.11. The van der Waals surface area contributed by atoms with Crippen LogP contribution in [0.15, 0.2) is 36.4 Å². The van der Waals surface area contributed by atoms with Gasteiger partial charge in [0.1, 0.15) is 5.75 Å². The van der Waals surface area contributed by atoms with Crippen LogP contribution in [-0.2, 0) is 4.79 Å². The van der Waals surface area contributed by atoms with Crippen molar-refractivity contribution in [2.75, 3.05) is 7.11 Å². The molecule has 1 atom stereocenters. The largest absolute Gasteiger partial charge is 0.496 e. The molecule has 0 bridgehead atoms. The lowest BCUT2D eigenvalue weighted by Gasteiger charge is -2.12. The Balaban J connectivity index is 2.70. The van der Waals surface area contributed by atoms with Gasteiger partial charge in [0.25, 0.3) is 0 Å². The first kappa shape index (κ1) is 11.4. The summed E-state index contributed by atoms with van der Waals surface area (Å²) in [6.45, 7) is 0. The molecule has 0 aromatic heterocycles. The second-order valence-corrected chi connectivity index (χ2v) is 3.64. The summed E-state index contributed by atoms with van der Waals surface area (Å²) < 4.78 is 5.19. The van der Waals surface area contributed by atoms with Gasteiger partial charge in [-0.2, -0.15) is 0 Å².